The van der Waals surface area contributed by atoms with Crippen molar-refractivity contribution >= 4 is 11.6 Å². The van der Waals surface area contributed by atoms with Gasteiger partial charge in [0, 0.05) is 44.1 Å². The van der Waals surface area contributed by atoms with Crippen LogP contribution in [0.5, 0.6) is 0 Å². The predicted octanol–water partition coefficient (Wildman–Crippen LogP) is 2.88. The molecule has 0 unspecified atom stereocenters. The van der Waals surface area contributed by atoms with Crippen LogP contribution in [0.15, 0.2) is 49.2 Å². The Morgan fingerprint density at radius 1 is 0.731 bits per heavy atom. The van der Waals surface area contributed by atoms with E-state index in [0.717, 1.165) is 49.1 Å². The highest BCUT2D eigenvalue weighted by molar-refractivity contribution is 5.62. The van der Waals surface area contributed by atoms with Crippen LogP contribution in [-0.2, 0) is 0 Å². The first kappa shape index (κ1) is 16.4. The summed E-state index contributed by atoms with van der Waals surface area (Å²) >= 11 is 0. The van der Waals surface area contributed by atoms with Gasteiger partial charge in [0.05, 0.1) is 24.3 Å². The van der Waals surface area contributed by atoms with E-state index in [4.69, 9.17) is 4.98 Å². The molecule has 0 N–H and O–H groups in total. The summed E-state index contributed by atoms with van der Waals surface area (Å²) in [6, 6.07) is 6.49. The molecule has 0 radical (unpaired) electrons. The minimum absolute atomic E-state index is 0.890. The lowest BCUT2D eigenvalue weighted by Gasteiger charge is -2.35. The molecule has 6 nitrogen and oxygen atoms in total. The molecule has 1 aromatic carbocycles. The van der Waals surface area contributed by atoms with Crippen LogP contribution in [0.3, 0.4) is 0 Å². The highest BCUT2D eigenvalue weighted by Gasteiger charge is 2.19. The molecule has 1 aliphatic rings. The molecule has 2 aromatic heterocycles. The van der Waals surface area contributed by atoms with Crippen LogP contribution in [0.1, 0.15) is 11.1 Å². The van der Waals surface area contributed by atoms with Crippen molar-refractivity contribution in [1.29, 1.82) is 0 Å². The summed E-state index contributed by atoms with van der Waals surface area (Å²) in [5, 5.41) is 0. The van der Waals surface area contributed by atoms with Crippen molar-refractivity contribution in [1.82, 2.24) is 19.9 Å². The first-order valence-corrected chi connectivity index (χ1v) is 8.86. The molecule has 132 valence electrons. The van der Waals surface area contributed by atoms with E-state index in [1.165, 1.54) is 11.1 Å². The van der Waals surface area contributed by atoms with Gasteiger partial charge in [0.15, 0.2) is 0 Å². The zero-order chi connectivity index (χ0) is 17.9. The van der Waals surface area contributed by atoms with Crippen molar-refractivity contribution in [3.63, 3.8) is 0 Å². The molecule has 0 amide bonds. The predicted molar refractivity (Wildman–Crippen MR) is 103 cm³/mol. The first-order chi connectivity index (χ1) is 12.7. The molecule has 1 fully saturated rings. The Hall–Kier alpha value is -3.02. The largest absolute Gasteiger partial charge is 0.352 e. The zero-order valence-electron chi connectivity index (χ0n) is 15.1. The lowest BCUT2D eigenvalue weighted by Crippen LogP contribution is -2.47. The van der Waals surface area contributed by atoms with Crippen LogP contribution >= 0.6 is 0 Å². The second kappa shape index (κ2) is 7.07. The van der Waals surface area contributed by atoms with Crippen molar-refractivity contribution in [2.24, 2.45) is 0 Å². The third-order valence-corrected chi connectivity index (χ3v) is 4.62. The van der Waals surface area contributed by atoms with Gasteiger partial charge in [-0.15, -0.1) is 0 Å². The molecule has 6 heteroatoms. The number of hydrogen-bond acceptors (Lipinski definition) is 6. The summed E-state index contributed by atoms with van der Waals surface area (Å²) in [4.78, 5) is 22.4. The summed E-state index contributed by atoms with van der Waals surface area (Å²) < 4.78 is 0. The lowest BCUT2D eigenvalue weighted by molar-refractivity contribution is 0.640. The first-order valence-electron chi connectivity index (χ1n) is 8.86. The summed E-state index contributed by atoms with van der Waals surface area (Å²) in [6.07, 6.45) is 8.95. The normalized spacial score (nSPS) is 14.5. The van der Waals surface area contributed by atoms with Crippen LogP contribution < -0.4 is 9.80 Å². The van der Waals surface area contributed by atoms with Crippen LogP contribution in [0.25, 0.3) is 11.3 Å². The molecular formula is C20H22N6. The van der Waals surface area contributed by atoms with Gasteiger partial charge in [0.25, 0.3) is 0 Å². The molecule has 3 heterocycles. The minimum Gasteiger partial charge on any atom is -0.352 e. The molecule has 0 saturated carbocycles. The lowest BCUT2D eigenvalue weighted by atomic mass is 10.1. The van der Waals surface area contributed by atoms with E-state index in [1.54, 1.807) is 12.4 Å². The van der Waals surface area contributed by atoms with Gasteiger partial charge in [-0.25, -0.2) is 9.97 Å². The number of anilines is 2. The number of piperazine rings is 1. The molecule has 0 atom stereocenters. The maximum Gasteiger partial charge on any atom is 0.147 e. The Labute approximate surface area is 153 Å². The minimum atomic E-state index is 0.890. The number of benzene rings is 1. The molecule has 1 aliphatic heterocycles. The van der Waals surface area contributed by atoms with Crippen LogP contribution in [-0.4, -0.2) is 46.1 Å². The van der Waals surface area contributed by atoms with Gasteiger partial charge in [-0.3, -0.25) is 9.97 Å². The Balaban J connectivity index is 1.51. The van der Waals surface area contributed by atoms with Crippen molar-refractivity contribution < 1.29 is 0 Å². The Kier molecular flexibility index (Phi) is 4.48. The van der Waals surface area contributed by atoms with Crippen molar-refractivity contribution in [3.05, 3.63) is 60.3 Å². The monoisotopic (exact) mass is 346 g/mol. The van der Waals surface area contributed by atoms with E-state index in [9.17, 15) is 0 Å². The quantitative estimate of drug-likeness (QED) is 0.727. The fraction of sp³-hybridized carbons (Fsp3) is 0.300. The van der Waals surface area contributed by atoms with Gasteiger partial charge in [0.1, 0.15) is 11.6 Å². The third kappa shape index (κ3) is 3.49. The Morgan fingerprint density at radius 3 is 2.04 bits per heavy atom. The second-order valence-electron chi connectivity index (χ2n) is 6.68. The SMILES string of the molecule is Cc1cc(C)cc(-c2cncc(N3CCN(c4cnccn4)CC3)n2)c1. The number of rotatable bonds is 3. The topological polar surface area (TPSA) is 58.0 Å². The maximum atomic E-state index is 4.86. The van der Waals surface area contributed by atoms with Gasteiger partial charge in [-0.2, -0.15) is 0 Å². The summed E-state index contributed by atoms with van der Waals surface area (Å²) in [5.74, 6) is 1.86. The average Bonchev–Trinajstić information content (AvgIpc) is 2.68. The average molecular weight is 346 g/mol. The molecule has 26 heavy (non-hydrogen) atoms. The summed E-state index contributed by atoms with van der Waals surface area (Å²) in [5.41, 5.74) is 4.52. The molecule has 3 aromatic rings. The molecule has 0 aliphatic carbocycles. The van der Waals surface area contributed by atoms with Gasteiger partial charge < -0.3 is 9.80 Å². The molecule has 4 rings (SSSR count). The Morgan fingerprint density at radius 2 is 1.38 bits per heavy atom. The van der Waals surface area contributed by atoms with Crippen molar-refractivity contribution in [2.45, 2.75) is 13.8 Å². The fourth-order valence-electron chi connectivity index (χ4n) is 3.39. The summed E-state index contributed by atoms with van der Waals surface area (Å²) in [6.45, 7) is 7.80. The van der Waals surface area contributed by atoms with Gasteiger partial charge in [0.2, 0.25) is 0 Å². The van der Waals surface area contributed by atoms with Crippen LogP contribution in [0, 0.1) is 13.8 Å². The number of aryl methyl sites for hydroxylation is 2. The van der Waals surface area contributed by atoms with E-state index in [0.29, 0.717) is 0 Å². The van der Waals surface area contributed by atoms with E-state index in [2.05, 4.69) is 56.8 Å². The van der Waals surface area contributed by atoms with Crippen molar-refractivity contribution in [3.8, 4) is 11.3 Å². The maximum absolute atomic E-state index is 4.86. The van der Waals surface area contributed by atoms with E-state index in [-0.39, 0.29) is 0 Å². The molecule has 1 saturated heterocycles. The molecule has 0 bridgehead atoms. The van der Waals surface area contributed by atoms with E-state index in [1.807, 2.05) is 18.6 Å². The van der Waals surface area contributed by atoms with Crippen LogP contribution in [0.2, 0.25) is 0 Å². The molecule has 0 spiro atoms. The van der Waals surface area contributed by atoms with Gasteiger partial charge >= 0.3 is 0 Å². The van der Waals surface area contributed by atoms with Crippen LogP contribution in [0.4, 0.5) is 11.6 Å². The zero-order valence-corrected chi connectivity index (χ0v) is 15.1. The number of hydrogen-bond donors (Lipinski definition) is 0. The molecular weight excluding hydrogens is 324 g/mol. The van der Waals surface area contributed by atoms with Gasteiger partial charge in [-0.05, 0) is 26.0 Å². The number of aromatic nitrogens is 4. The Bertz CT molecular complexity index is 868. The standard InChI is InChI=1S/C20H22N6/c1-15-9-16(2)11-17(10-15)18-12-22-14-20(24-18)26-7-5-25(6-8-26)19-13-21-3-4-23-19/h3-4,9-14H,5-8H2,1-2H3. The van der Waals surface area contributed by atoms with E-state index >= 15 is 0 Å². The summed E-state index contributed by atoms with van der Waals surface area (Å²) in [7, 11) is 0. The fourth-order valence-corrected chi connectivity index (χ4v) is 3.39. The second-order valence-corrected chi connectivity index (χ2v) is 6.68. The third-order valence-electron chi connectivity index (χ3n) is 4.62. The van der Waals surface area contributed by atoms with Crippen molar-refractivity contribution in [2.75, 3.05) is 36.0 Å². The smallest absolute Gasteiger partial charge is 0.147 e. The number of nitrogens with zero attached hydrogens (tertiary/aromatic N) is 6. The van der Waals surface area contributed by atoms with E-state index < -0.39 is 0 Å². The highest BCUT2D eigenvalue weighted by Crippen LogP contribution is 2.23. The highest BCUT2D eigenvalue weighted by atomic mass is 15.3. The van der Waals surface area contributed by atoms with Gasteiger partial charge in [-0.1, -0.05) is 17.2 Å².